The Kier molecular flexibility index (Phi) is 4.29. The first-order valence-corrected chi connectivity index (χ1v) is 7.87. The Hall–Kier alpha value is 0.100. The van der Waals surface area contributed by atoms with E-state index in [0.717, 1.165) is 28.1 Å². The molecule has 96 valence electrons. The lowest BCUT2D eigenvalue weighted by atomic mass is 9.67. The van der Waals surface area contributed by atoms with Crippen LogP contribution in [0.15, 0.2) is 15.9 Å². The first kappa shape index (κ1) is 13.5. The Labute approximate surface area is 115 Å². The van der Waals surface area contributed by atoms with Crippen LogP contribution in [0.5, 0.6) is 0 Å². The fraction of sp³-hybridized carbons (Fsp3) is 0.692. The maximum atomic E-state index is 10.7. The quantitative estimate of drug-likeness (QED) is 0.892. The monoisotopic (exact) mass is 317 g/mol. The number of aliphatic hydroxyl groups excluding tert-OH is 1. The van der Waals surface area contributed by atoms with Gasteiger partial charge in [0.2, 0.25) is 0 Å². The van der Waals surface area contributed by atoms with Crippen LogP contribution in [-0.2, 0) is 0 Å². The van der Waals surface area contributed by atoms with Crippen LogP contribution in [0.4, 0.5) is 0 Å². The van der Waals surface area contributed by atoms with Gasteiger partial charge in [0.25, 0.3) is 0 Å². The van der Waals surface area contributed by atoms with Gasteiger partial charge < -0.3 is 10.8 Å². The van der Waals surface area contributed by atoms with Gasteiger partial charge in [-0.1, -0.05) is 19.8 Å². The zero-order chi connectivity index (χ0) is 12.5. The van der Waals surface area contributed by atoms with Crippen LogP contribution in [0.2, 0.25) is 0 Å². The summed E-state index contributed by atoms with van der Waals surface area (Å²) < 4.78 is 1.02. The molecule has 2 rings (SSSR count). The highest BCUT2D eigenvalue weighted by molar-refractivity contribution is 9.10. The van der Waals surface area contributed by atoms with E-state index in [4.69, 9.17) is 5.73 Å². The SMILES string of the molecule is CC1CCC(CN)(C(O)c2sccc2Br)CC1. The number of hydrogen-bond acceptors (Lipinski definition) is 3. The maximum absolute atomic E-state index is 10.7. The topological polar surface area (TPSA) is 46.2 Å². The summed E-state index contributed by atoms with van der Waals surface area (Å²) in [4.78, 5) is 1.03. The summed E-state index contributed by atoms with van der Waals surface area (Å²) in [6, 6.07) is 2.00. The smallest absolute Gasteiger partial charge is 0.0961 e. The van der Waals surface area contributed by atoms with Gasteiger partial charge in [-0.15, -0.1) is 11.3 Å². The van der Waals surface area contributed by atoms with Gasteiger partial charge in [0, 0.05) is 21.3 Å². The molecule has 0 aromatic carbocycles. The molecule has 0 radical (unpaired) electrons. The van der Waals surface area contributed by atoms with Crippen molar-refractivity contribution in [1.82, 2.24) is 0 Å². The Morgan fingerprint density at radius 1 is 1.59 bits per heavy atom. The summed E-state index contributed by atoms with van der Waals surface area (Å²) in [5, 5.41) is 12.7. The highest BCUT2D eigenvalue weighted by Gasteiger charge is 2.41. The minimum absolute atomic E-state index is 0.111. The molecule has 3 N–H and O–H groups in total. The Bertz CT molecular complexity index is 371. The molecule has 0 aliphatic heterocycles. The third-order valence-electron chi connectivity index (χ3n) is 4.15. The first-order valence-electron chi connectivity index (χ1n) is 6.20. The van der Waals surface area contributed by atoms with E-state index in [2.05, 4.69) is 22.9 Å². The summed E-state index contributed by atoms with van der Waals surface area (Å²) in [6.07, 6.45) is 4.01. The summed E-state index contributed by atoms with van der Waals surface area (Å²) in [7, 11) is 0. The molecular formula is C13H20BrNOS. The summed E-state index contributed by atoms with van der Waals surface area (Å²) in [5.41, 5.74) is 5.86. The highest BCUT2D eigenvalue weighted by Crippen LogP contribution is 2.49. The number of nitrogens with two attached hydrogens (primary N) is 1. The van der Waals surface area contributed by atoms with Crippen LogP contribution in [0.25, 0.3) is 0 Å². The molecular weight excluding hydrogens is 298 g/mol. The lowest BCUT2D eigenvalue weighted by Crippen LogP contribution is -2.39. The van der Waals surface area contributed by atoms with Crippen LogP contribution in [-0.4, -0.2) is 11.7 Å². The number of rotatable bonds is 3. The molecule has 1 fully saturated rings. The second-order valence-corrected chi connectivity index (χ2v) is 7.09. The second kappa shape index (κ2) is 5.39. The van der Waals surface area contributed by atoms with Crippen molar-refractivity contribution in [2.75, 3.05) is 6.54 Å². The van der Waals surface area contributed by atoms with Crippen LogP contribution in [0.3, 0.4) is 0 Å². The zero-order valence-corrected chi connectivity index (χ0v) is 12.6. The van der Waals surface area contributed by atoms with E-state index in [1.807, 2.05) is 11.4 Å². The molecule has 1 unspecified atom stereocenters. The fourth-order valence-corrected chi connectivity index (χ4v) is 4.42. The minimum atomic E-state index is -0.422. The number of thiophene rings is 1. The van der Waals surface area contributed by atoms with Gasteiger partial charge >= 0.3 is 0 Å². The van der Waals surface area contributed by atoms with Crippen molar-refractivity contribution in [3.8, 4) is 0 Å². The second-order valence-electron chi connectivity index (χ2n) is 5.28. The molecule has 0 bridgehead atoms. The van der Waals surface area contributed by atoms with Crippen LogP contribution in [0.1, 0.15) is 43.6 Å². The fourth-order valence-electron chi connectivity index (χ4n) is 2.70. The third kappa shape index (κ3) is 2.60. The normalized spacial score (nSPS) is 31.4. The van der Waals surface area contributed by atoms with Crippen LogP contribution in [0, 0.1) is 11.3 Å². The molecule has 17 heavy (non-hydrogen) atoms. The molecule has 2 nitrogen and oxygen atoms in total. The van der Waals surface area contributed by atoms with Gasteiger partial charge in [0.05, 0.1) is 6.10 Å². The molecule has 1 aliphatic carbocycles. The molecule has 0 saturated heterocycles. The summed E-state index contributed by atoms with van der Waals surface area (Å²) >= 11 is 5.12. The molecule has 1 atom stereocenters. The van der Waals surface area contributed by atoms with Gasteiger partial charge in [-0.05, 0) is 46.1 Å². The molecule has 1 heterocycles. The van der Waals surface area contributed by atoms with Gasteiger partial charge in [-0.2, -0.15) is 0 Å². The standard InChI is InChI=1S/C13H20BrNOS/c1-9-2-5-13(8-15,6-3-9)12(16)11-10(14)4-7-17-11/h4,7,9,12,16H,2-3,5-6,8,15H2,1H3. The zero-order valence-electron chi connectivity index (χ0n) is 10.2. The summed E-state index contributed by atoms with van der Waals surface area (Å²) in [6.45, 7) is 2.86. The van der Waals surface area contributed by atoms with E-state index < -0.39 is 6.10 Å². The largest absolute Gasteiger partial charge is 0.387 e. The van der Waals surface area contributed by atoms with Crippen molar-refractivity contribution in [1.29, 1.82) is 0 Å². The first-order chi connectivity index (χ1) is 8.09. The lowest BCUT2D eigenvalue weighted by molar-refractivity contribution is -0.00629. The average molecular weight is 318 g/mol. The van der Waals surface area contributed by atoms with E-state index >= 15 is 0 Å². The van der Waals surface area contributed by atoms with Crippen molar-refractivity contribution in [2.45, 2.75) is 38.7 Å². The van der Waals surface area contributed by atoms with Crippen molar-refractivity contribution >= 4 is 27.3 Å². The Morgan fingerprint density at radius 2 is 2.24 bits per heavy atom. The predicted molar refractivity (Wildman–Crippen MR) is 76.1 cm³/mol. The number of aliphatic hydroxyl groups is 1. The molecule has 1 saturated carbocycles. The molecule has 1 aromatic heterocycles. The molecule has 0 amide bonds. The third-order valence-corrected chi connectivity index (χ3v) is 6.07. The van der Waals surface area contributed by atoms with Crippen molar-refractivity contribution in [3.63, 3.8) is 0 Å². The van der Waals surface area contributed by atoms with E-state index in [0.29, 0.717) is 6.54 Å². The van der Waals surface area contributed by atoms with Crippen molar-refractivity contribution in [2.24, 2.45) is 17.1 Å². The van der Waals surface area contributed by atoms with E-state index in [1.54, 1.807) is 11.3 Å². The lowest BCUT2D eigenvalue weighted by Gasteiger charge is -2.42. The maximum Gasteiger partial charge on any atom is 0.0961 e. The number of hydrogen-bond donors (Lipinski definition) is 2. The summed E-state index contributed by atoms with van der Waals surface area (Å²) in [5.74, 6) is 0.772. The molecule has 1 aliphatic rings. The van der Waals surface area contributed by atoms with Crippen molar-refractivity contribution < 1.29 is 5.11 Å². The molecule has 1 aromatic rings. The Morgan fingerprint density at radius 3 is 2.71 bits per heavy atom. The molecule has 0 spiro atoms. The van der Waals surface area contributed by atoms with Crippen LogP contribution >= 0.6 is 27.3 Å². The van der Waals surface area contributed by atoms with E-state index in [9.17, 15) is 5.11 Å². The highest BCUT2D eigenvalue weighted by atomic mass is 79.9. The van der Waals surface area contributed by atoms with Gasteiger partial charge in [-0.25, -0.2) is 0 Å². The number of halogens is 1. The van der Waals surface area contributed by atoms with Gasteiger partial charge in [0.15, 0.2) is 0 Å². The predicted octanol–water partition coefficient (Wildman–Crippen LogP) is 3.70. The van der Waals surface area contributed by atoms with Gasteiger partial charge in [0.1, 0.15) is 0 Å². The van der Waals surface area contributed by atoms with Gasteiger partial charge in [-0.3, -0.25) is 0 Å². The van der Waals surface area contributed by atoms with E-state index in [1.165, 1.54) is 12.8 Å². The minimum Gasteiger partial charge on any atom is -0.387 e. The Balaban J connectivity index is 2.21. The van der Waals surface area contributed by atoms with Crippen LogP contribution < -0.4 is 5.73 Å². The molecule has 4 heteroatoms. The van der Waals surface area contributed by atoms with Crippen molar-refractivity contribution in [3.05, 3.63) is 20.8 Å². The van der Waals surface area contributed by atoms with E-state index in [-0.39, 0.29) is 5.41 Å². The average Bonchev–Trinajstić information content (AvgIpc) is 2.76.